The van der Waals surface area contributed by atoms with Crippen LogP contribution in [0.15, 0.2) is 0 Å². The molecule has 1 heterocycles. The van der Waals surface area contributed by atoms with E-state index in [1.165, 1.54) is 19.3 Å². The molecule has 0 amide bonds. The van der Waals surface area contributed by atoms with Crippen LogP contribution >= 0.6 is 0 Å². The molecule has 1 aliphatic carbocycles. The van der Waals surface area contributed by atoms with Crippen molar-refractivity contribution in [3.8, 4) is 0 Å². The van der Waals surface area contributed by atoms with Gasteiger partial charge < -0.3 is 10.5 Å². The Morgan fingerprint density at radius 1 is 1.40 bits per heavy atom. The molecule has 2 N–H and O–H groups in total. The van der Waals surface area contributed by atoms with Crippen LogP contribution in [0.2, 0.25) is 0 Å². The number of nitrogens with two attached hydrogens (primary N) is 1. The monoisotopic (exact) mass is 141 g/mol. The van der Waals surface area contributed by atoms with Gasteiger partial charge in [-0.3, -0.25) is 0 Å². The third-order valence-corrected chi connectivity index (χ3v) is 3.13. The molecule has 0 aromatic heterocycles. The van der Waals surface area contributed by atoms with Gasteiger partial charge >= 0.3 is 0 Å². The first-order valence-electron chi connectivity index (χ1n) is 4.15. The second kappa shape index (κ2) is 2.21. The van der Waals surface area contributed by atoms with E-state index in [0.29, 0.717) is 5.41 Å². The highest BCUT2D eigenvalue weighted by molar-refractivity contribution is 5.03. The fourth-order valence-corrected chi connectivity index (χ4v) is 2.16. The zero-order chi connectivity index (χ0) is 7.03. The molecule has 1 spiro atoms. The van der Waals surface area contributed by atoms with E-state index in [-0.39, 0.29) is 0 Å². The van der Waals surface area contributed by atoms with E-state index in [1.54, 1.807) is 0 Å². The molecule has 2 rings (SSSR count). The lowest BCUT2D eigenvalue weighted by Gasteiger charge is -2.22. The van der Waals surface area contributed by atoms with E-state index in [0.717, 1.165) is 25.7 Å². The predicted molar refractivity (Wildman–Crippen MR) is 39.6 cm³/mol. The normalized spacial score (nSPS) is 36.3. The van der Waals surface area contributed by atoms with E-state index in [4.69, 9.17) is 10.5 Å². The molecule has 0 aromatic rings. The molecule has 1 aliphatic heterocycles. The Bertz CT molecular complexity index is 129. The zero-order valence-electron chi connectivity index (χ0n) is 6.31. The van der Waals surface area contributed by atoms with Gasteiger partial charge in [-0.1, -0.05) is 0 Å². The van der Waals surface area contributed by atoms with Crippen LogP contribution in [0.3, 0.4) is 0 Å². The highest BCUT2D eigenvalue weighted by atomic mass is 16.5. The summed E-state index contributed by atoms with van der Waals surface area (Å²) >= 11 is 0. The van der Waals surface area contributed by atoms with Crippen LogP contribution < -0.4 is 5.73 Å². The third-order valence-electron chi connectivity index (χ3n) is 3.13. The maximum Gasteiger partial charge on any atom is 0.0471 e. The minimum Gasteiger partial charge on any atom is -0.381 e. The van der Waals surface area contributed by atoms with Crippen LogP contribution in [0.5, 0.6) is 0 Å². The van der Waals surface area contributed by atoms with Crippen molar-refractivity contribution in [1.29, 1.82) is 0 Å². The minimum atomic E-state index is 0.646. The first kappa shape index (κ1) is 6.62. The van der Waals surface area contributed by atoms with Gasteiger partial charge in [-0.25, -0.2) is 0 Å². The summed E-state index contributed by atoms with van der Waals surface area (Å²) in [5.41, 5.74) is 6.24. The van der Waals surface area contributed by atoms with Crippen molar-refractivity contribution in [3.05, 3.63) is 0 Å². The van der Waals surface area contributed by atoms with Crippen LogP contribution in [0.1, 0.15) is 19.3 Å². The lowest BCUT2D eigenvalue weighted by molar-refractivity contribution is 0.0525. The average molecular weight is 141 g/mol. The summed E-state index contributed by atoms with van der Waals surface area (Å²) in [6.07, 6.45) is 3.89. The van der Waals surface area contributed by atoms with Gasteiger partial charge in [-0.15, -0.1) is 0 Å². The van der Waals surface area contributed by atoms with Crippen LogP contribution in [-0.4, -0.2) is 19.8 Å². The molecule has 1 saturated heterocycles. The van der Waals surface area contributed by atoms with Crippen LogP contribution in [0.25, 0.3) is 0 Å². The van der Waals surface area contributed by atoms with Crippen molar-refractivity contribution in [3.63, 3.8) is 0 Å². The molecule has 2 nitrogen and oxygen atoms in total. The van der Waals surface area contributed by atoms with Crippen molar-refractivity contribution in [2.24, 2.45) is 17.1 Å². The number of ether oxygens (including phenoxy) is 1. The second-order valence-electron chi connectivity index (χ2n) is 3.61. The van der Waals surface area contributed by atoms with Gasteiger partial charge in [-0.2, -0.15) is 0 Å². The summed E-state index contributed by atoms with van der Waals surface area (Å²) in [6, 6.07) is 0. The Morgan fingerprint density at radius 2 is 2.10 bits per heavy atom. The van der Waals surface area contributed by atoms with E-state index in [2.05, 4.69) is 0 Å². The summed E-state index contributed by atoms with van der Waals surface area (Å²) in [5, 5.41) is 0. The van der Waals surface area contributed by atoms with Crippen molar-refractivity contribution in [2.45, 2.75) is 19.3 Å². The third kappa shape index (κ3) is 0.867. The number of hydrogen-bond acceptors (Lipinski definition) is 2. The lowest BCUT2D eigenvalue weighted by Crippen LogP contribution is -2.20. The minimum absolute atomic E-state index is 0.646. The first-order valence-corrected chi connectivity index (χ1v) is 4.15. The van der Waals surface area contributed by atoms with Crippen LogP contribution in [0, 0.1) is 11.3 Å². The Kier molecular flexibility index (Phi) is 1.46. The molecule has 10 heavy (non-hydrogen) atoms. The van der Waals surface area contributed by atoms with Crippen molar-refractivity contribution in [2.75, 3.05) is 19.8 Å². The topological polar surface area (TPSA) is 35.2 Å². The summed E-state index contributed by atoms with van der Waals surface area (Å²) in [7, 11) is 0. The van der Waals surface area contributed by atoms with Gasteiger partial charge in [0.2, 0.25) is 0 Å². The standard InChI is InChI=1S/C8H15NO/c9-6-7-5-8(7)1-3-10-4-2-8/h7H,1-6,9H2. The smallest absolute Gasteiger partial charge is 0.0471 e. The van der Waals surface area contributed by atoms with Gasteiger partial charge in [0.25, 0.3) is 0 Å². The quantitative estimate of drug-likeness (QED) is 0.585. The molecule has 1 saturated carbocycles. The molecule has 2 heteroatoms. The van der Waals surface area contributed by atoms with Crippen LogP contribution in [0.4, 0.5) is 0 Å². The van der Waals surface area contributed by atoms with E-state index in [1.807, 2.05) is 0 Å². The van der Waals surface area contributed by atoms with Gasteiger partial charge in [0.05, 0.1) is 0 Å². The lowest BCUT2D eigenvalue weighted by atomic mass is 9.94. The van der Waals surface area contributed by atoms with Gasteiger partial charge in [0.1, 0.15) is 0 Å². The van der Waals surface area contributed by atoms with Crippen molar-refractivity contribution < 1.29 is 4.74 Å². The van der Waals surface area contributed by atoms with E-state index in [9.17, 15) is 0 Å². The van der Waals surface area contributed by atoms with Crippen molar-refractivity contribution in [1.82, 2.24) is 0 Å². The molecule has 2 aliphatic rings. The Labute approximate surface area is 61.7 Å². The predicted octanol–water partition coefficient (Wildman–Crippen LogP) is 0.762. The molecule has 0 bridgehead atoms. The van der Waals surface area contributed by atoms with Gasteiger partial charge in [0.15, 0.2) is 0 Å². The Morgan fingerprint density at radius 3 is 2.60 bits per heavy atom. The molecule has 0 aromatic carbocycles. The largest absolute Gasteiger partial charge is 0.381 e. The second-order valence-corrected chi connectivity index (χ2v) is 3.61. The van der Waals surface area contributed by atoms with E-state index >= 15 is 0 Å². The Hall–Kier alpha value is -0.0800. The SMILES string of the molecule is NCC1CC12CCOCC2. The molecule has 1 unspecified atom stereocenters. The summed E-state index contributed by atoms with van der Waals surface area (Å²) in [6.45, 7) is 2.83. The van der Waals surface area contributed by atoms with Crippen molar-refractivity contribution >= 4 is 0 Å². The molecular formula is C8H15NO. The molecule has 58 valence electrons. The van der Waals surface area contributed by atoms with Gasteiger partial charge in [-0.05, 0) is 37.1 Å². The molecule has 2 fully saturated rings. The number of hydrogen-bond donors (Lipinski definition) is 1. The number of rotatable bonds is 1. The first-order chi connectivity index (χ1) is 4.87. The maximum atomic E-state index is 5.60. The molecular weight excluding hydrogens is 126 g/mol. The van der Waals surface area contributed by atoms with Gasteiger partial charge in [0, 0.05) is 13.2 Å². The Balaban J connectivity index is 1.92. The highest BCUT2D eigenvalue weighted by Gasteiger charge is 2.52. The fourth-order valence-electron chi connectivity index (χ4n) is 2.16. The fraction of sp³-hybridized carbons (Fsp3) is 1.00. The summed E-state index contributed by atoms with van der Waals surface area (Å²) in [4.78, 5) is 0. The molecule has 0 radical (unpaired) electrons. The van der Waals surface area contributed by atoms with Crippen LogP contribution in [-0.2, 0) is 4.74 Å². The summed E-state index contributed by atoms with van der Waals surface area (Å²) < 4.78 is 5.30. The molecule has 1 atom stereocenters. The zero-order valence-corrected chi connectivity index (χ0v) is 6.31. The maximum absolute atomic E-state index is 5.60. The highest BCUT2D eigenvalue weighted by Crippen LogP contribution is 2.58. The summed E-state index contributed by atoms with van der Waals surface area (Å²) in [5.74, 6) is 0.830. The average Bonchev–Trinajstić information content (AvgIpc) is 2.65. The van der Waals surface area contributed by atoms with E-state index < -0.39 is 0 Å².